The Morgan fingerprint density at radius 2 is 1.97 bits per heavy atom. The van der Waals surface area contributed by atoms with E-state index in [1.54, 1.807) is 36.4 Å². The summed E-state index contributed by atoms with van der Waals surface area (Å²) in [5.74, 6) is 0.202. The summed E-state index contributed by atoms with van der Waals surface area (Å²) in [4.78, 5) is 33.7. The minimum Gasteiger partial charge on any atom is -0.490 e. The van der Waals surface area contributed by atoms with E-state index in [-0.39, 0.29) is 16.8 Å². The molecule has 0 bridgehead atoms. The number of benzene rings is 3. The van der Waals surface area contributed by atoms with E-state index in [2.05, 4.69) is 6.58 Å². The molecule has 3 aromatic carbocycles. The molecule has 0 aliphatic carbocycles. The number of amides is 1. The number of para-hydroxylation sites is 1. The topological polar surface area (TPSA) is 72.6 Å². The molecule has 1 aliphatic heterocycles. The van der Waals surface area contributed by atoms with Gasteiger partial charge < -0.3 is 9.15 Å². The largest absolute Gasteiger partial charge is 0.490 e. The number of nitrogens with zero attached hydrogens (tertiary/aromatic N) is 2. The Labute approximate surface area is 208 Å². The monoisotopic (exact) mass is 500 g/mol. The highest BCUT2D eigenvalue weighted by Crippen LogP contribution is 2.44. The lowest BCUT2D eigenvalue weighted by atomic mass is 9.98. The minimum atomic E-state index is -0.735. The van der Waals surface area contributed by atoms with Crippen molar-refractivity contribution < 1.29 is 13.9 Å². The molecular formula is C27H17ClN2O4S. The molecule has 2 aromatic heterocycles. The number of aromatic nitrogens is 1. The van der Waals surface area contributed by atoms with Crippen molar-refractivity contribution in [2.75, 3.05) is 11.5 Å². The van der Waals surface area contributed by atoms with Gasteiger partial charge in [-0.05, 0) is 48.0 Å². The molecule has 1 amide bonds. The van der Waals surface area contributed by atoms with Crippen LogP contribution in [-0.2, 0) is 0 Å². The van der Waals surface area contributed by atoms with Crippen LogP contribution in [0, 0.1) is 0 Å². The number of fused-ring (bicyclic) bond motifs is 3. The maximum atomic E-state index is 13.8. The highest BCUT2D eigenvalue weighted by molar-refractivity contribution is 7.22. The molecule has 35 heavy (non-hydrogen) atoms. The SMILES string of the molecule is C=CCOc1cccc([C@@H]2c3c(oc4ccccc4c3=O)C(=O)N2c2nc3ccc(Cl)cc3s2)c1. The van der Waals surface area contributed by atoms with Crippen molar-refractivity contribution in [1.82, 2.24) is 4.98 Å². The van der Waals surface area contributed by atoms with Crippen LogP contribution >= 0.6 is 22.9 Å². The van der Waals surface area contributed by atoms with Gasteiger partial charge in [-0.1, -0.05) is 59.9 Å². The maximum absolute atomic E-state index is 13.8. The van der Waals surface area contributed by atoms with Crippen molar-refractivity contribution in [1.29, 1.82) is 0 Å². The maximum Gasteiger partial charge on any atom is 0.297 e. The molecule has 172 valence electrons. The van der Waals surface area contributed by atoms with Gasteiger partial charge in [0.25, 0.3) is 5.91 Å². The van der Waals surface area contributed by atoms with E-state index in [9.17, 15) is 9.59 Å². The lowest BCUT2D eigenvalue weighted by Crippen LogP contribution is -2.29. The van der Waals surface area contributed by atoms with Crippen LogP contribution in [0.1, 0.15) is 27.7 Å². The van der Waals surface area contributed by atoms with Crippen LogP contribution in [0.15, 0.2) is 88.6 Å². The number of hydrogen-bond acceptors (Lipinski definition) is 6. The molecule has 6 nitrogen and oxygen atoms in total. The van der Waals surface area contributed by atoms with Crippen LogP contribution < -0.4 is 15.1 Å². The van der Waals surface area contributed by atoms with Crippen molar-refractivity contribution in [2.45, 2.75) is 6.04 Å². The predicted octanol–water partition coefficient (Wildman–Crippen LogP) is 6.37. The Hall–Kier alpha value is -3.94. The van der Waals surface area contributed by atoms with Crippen molar-refractivity contribution in [3.05, 3.63) is 112 Å². The summed E-state index contributed by atoms with van der Waals surface area (Å²) in [6.45, 7) is 4.02. The predicted molar refractivity (Wildman–Crippen MR) is 138 cm³/mol. The van der Waals surface area contributed by atoms with Crippen molar-refractivity contribution in [3.63, 3.8) is 0 Å². The van der Waals surface area contributed by atoms with Crippen LogP contribution in [0.5, 0.6) is 5.75 Å². The Morgan fingerprint density at radius 1 is 1.11 bits per heavy atom. The van der Waals surface area contributed by atoms with E-state index in [1.807, 2.05) is 36.4 Å². The molecule has 0 N–H and O–H groups in total. The highest BCUT2D eigenvalue weighted by atomic mass is 35.5. The second-order valence-electron chi connectivity index (χ2n) is 8.03. The zero-order chi connectivity index (χ0) is 24.1. The van der Waals surface area contributed by atoms with Gasteiger partial charge in [0, 0.05) is 5.02 Å². The fraction of sp³-hybridized carbons (Fsp3) is 0.0741. The Bertz CT molecular complexity index is 1710. The molecular weight excluding hydrogens is 484 g/mol. The quantitative estimate of drug-likeness (QED) is 0.262. The fourth-order valence-corrected chi connectivity index (χ4v) is 5.62. The van der Waals surface area contributed by atoms with E-state index in [0.29, 0.717) is 44.6 Å². The van der Waals surface area contributed by atoms with Gasteiger partial charge in [0.1, 0.15) is 17.9 Å². The number of thiazole rings is 1. The van der Waals surface area contributed by atoms with Crippen LogP contribution in [-0.4, -0.2) is 17.5 Å². The smallest absolute Gasteiger partial charge is 0.297 e. The number of hydrogen-bond donors (Lipinski definition) is 0. The van der Waals surface area contributed by atoms with Crippen molar-refractivity contribution >= 4 is 55.2 Å². The first-order valence-electron chi connectivity index (χ1n) is 10.8. The highest BCUT2D eigenvalue weighted by Gasteiger charge is 2.45. The first-order chi connectivity index (χ1) is 17.0. The number of carbonyl (C=O) groups is 1. The van der Waals surface area contributed by atoms with Gasteiger partial charge in [0.2, 0.25) is 5.76 Å². The summed E-state index contributed by atoms with van der Waals surface area (Å²) < 4.78 is 12.6. The standard InChI is InChI=1S/C27H17ClN2O4S/c1-2-12-33-17-7-5-6-15(13-17)23-22-24(31)18-8-3-4-9-20(18)34-25(22)26(32)30(23)27-29-19-11-10-16(28)14-21(19)35-27/h2-11,13-14,23H,1,12H2/t23-/m1/s1. The zero-order valence-electron chi connectivity index (χ0n) is 18.2. The first kappa shape index (κ1) is 21.6. The molecule has 0 saturated carbocycles. The molecule has 5 aromatic rings. The summed E-state index contributed by atoms with van der Waals surface area (Å²) in [7, 11) is 0. The number of anilines is 1. The molecule has 0 unspecified atom stereocenters. The molecule has 8 heteroatoms. The average Bonchev–Trinajstić information content (AvgIpc) is 3.41. The summed E-state index contributed by atoms with van der Waals surface area (Å²) in [6, 6.07) is 18.9. The Morgan fingerprint density at radius 3 is 2.83 bits per heavy atom. The molecule has 6 rings (SSSR count). The number of rotatable bonds is 5. The van der Waals surface area contributed by atoms with Gasteiger partial charge in [0.15, 0.2) is 10.6 Å². The minimum absolute atomic E-state index is 0.0217. The van der Waals surface area contributed by atoms with E-state index >= 15 is 0 Å². The normalized spacial score (nSPS) is 15.1. The van der Waals surface area contributed by atoms with E-state index in [0.717, 1.165) is 4.70 Å². The second kappa shape index (κ2) is 8.37. The van der Waals surface area contributed by atoms with Gasteiger partial charge in [-0.2, -0.15) is 0 Å². The summed E-state index contributed by atoms with van der Waals surface area (Å²) in [5, 5.41) is 1.45. The lowest BCUT2D eigenvalue weighted by Gasteiger charge is -2.23. The van der Waals surface area contributed by atoms with Crippen molar-refractivity contribution in [3.8, 4) is 5.75 Å². The zero-order valence-corrected chi connectivity index (χ0v) is 19.8. The molecule has 3 heterocycles. The molecule has 0 radical (unpaired) electrons. The third-order valence-corrected chi connectivity index (χ3v) is 7.12. The summed E-state index contributed by atoms with van der Waals surface area (Å²) in [5.41, 5.74) is 1.82. The fourth-order valence-electron chi connectivity index (χ4n) is 4.35. The summed E-state index contributed by atoms with van der Waals surface area (Å²) in [6.07, 6.45) is 1.65. The van der Waals surface area contributed by atoms with Crippen molar-refractivity contribution in [2.24, 2.45) is 0 Å². The van der Waals surface area contributed by atoms with E-state index in [4.69, 9.17) is 25.7 Å². The first-order valence-corrected chi connectivity index (χ1v) is 12.0. The summed E-state index contributed by atoms with van der Waals surface area (Å²) >= 11 is 7.51. The third-order valence-electron chi connectivity index (χ3n) is 5.86. The van der Waals surface area contributed by atoms with Gasteiger partial charge >= 0.3 is 0 Å². The number of carbonyl (C=O) groups excluding carboxylic acids is 1. The number of ether oxygens (including phenoxy) is 1. The van der Waals surface area contributed by atoms with Crippen LogP contribution in [0.25, 0.3) is 21.2 Å². The van der Waals surface area contributed by atoms with Gasteiger partial charge in [-0.25, -0.2) is 4.98 Å². The number of halogens is 1. The lowest BCUT2D eigenvalue weighted by molar-refractivity contribution is 0.0971. The molecule has 1 aliphatic rings. The molecule has 0 fully saturated rings. The van der Waals surface area contributed by atoms with E-state index < -0.39 is 11.9 Å². The van der Waals surface area contributed by atoms with Gasteiger partial charge in [-0.15, -0.1) is 0 Å². The second-order valence-corrected chi connectivity index (χ2v) is 9.47. The third kappa shape index (κ3) is 3.51. The van der Waals surface area contributed by atoms with E-state index in [1.165, 1.54) is 16.2 Å². The molecule has 0 saturated heterocycles. The van der Waals surface area contributed by atoms with Crippen LogP contribution in [0.3, 0.4) is 0 Å². The van der Waals surface area contributed by atoms with Gasteiger partial charge in [-0.3, -0.25) is 14.5 Å². The van der Waals surface area contributed by atoms with Gasteiger partial charge in [0.05, 0.1) is 27.2 Å². The Kier molecular flexibility index (Phi) is 5.16. The van der Waals surface area contributed by atoms with Crippen LogP contribution in [0.4, 0.5) is 5.13 Å². The average molecular weight is 501 g/mol. The van der Waals surface area contributed by atoms with Crippen LogP contribution in [0.2, 0.25) is 5.02 Å². The molecule has 0 spiro atoms. The molecule has 1 atom stereocenters. The Balaban J connectivity index is 1.60.